The Balaban J connectivity index is 1.72. The zero-order chi connectivity index (χ0) is 12.5. The molecule has 18 heavy (non-hydrogen) atoms. The van der Waals surface area contributed by atoms with E-state index >= 15 is 0 Å². The van der Waals surface area contributed by atoms with Gasteiger partial charge in [-0.25, -0.2) is 0 Å². The number of aryl methyl sites for hydroxylation is 1. The number of hydrogen-bond acceptors (Lipinski definition) is 2. The first-order valence-electron chi connectivity index (χ1n) is 6.41. The van der Waals surface area contributed by atoms with E-state index in [1.54, 1.807) is 6.20 Å². The maximum absolute atomic E-state index is 10.3. The minimum Gasteiger partial charge on any atom is -0.388 e. The summed E-state index contributed by atoms with van der Waals surface area (Å²) in [6, 6.07) is 10.5. The van der Waals surface area contributed by atoms with Crippen LogP contribution >= 0.6 is 0 Å². The highest BCUT2D eigenvalue weighted by molar-refractivity contribution is 5.40. The summed E-state index contributed by atoms with van der Waals surface area (Å²) in [5, 5.41) is 10.3. The molecule has 2 aromatic rings. The molecule has 1 aliphatic rings. The third kappa shape index (κ3) is 2.04. The van der Waals surface area contributed by atoms with Gasteiger partial charge in [-0.05, 0) is 47.9 Å². The van der Waals surface area contributed by atoms with Gasteiger partial charge in [0.05, 0.1) is 6.10 Å². The van der Waals surface area contributed by atoms with Gasteiger partial charge in [0.15, 0.2) is 0 Å². The number of fused-ring (bicyclic) bond motifs is 1. The van der Waals surface area contributed by atoms with E-state index in [4.69, 9.17) is 0 Å². The van der Waals surface area contributed by atoms with Gasteiger partial charge in [0.25, 0.3) is 0 Å². The van der Waals surface area contributed by atoms with E-state index in [0.29, 0.717) is 5.92 Å². The molecule has 2 heteroatoms. The lowest BCUT2D eigenvalue weighted by molar-refractivity contribution is 0.153. The fourth-order valence-electron chi connectivity index (χ4n) is 2.74. The Morgan fingerprint density at radius 1 is 1.33 bits per heavy atom. The van der Waals surface area contributed by atoms with Crippen LogP contribution in [0.25, 0.3) is 0 Å². The Morgan fingerprint density at radius 3 is 2.94 bits per heavy atom. The molecule has 0 spiro atoms. The third-order valence-electron chi connectivity index (χ3n) is 3.75. The Labute approximate surface area is 107 Å². The van der Waals surface area contributed by atoms with Crippen molar-refractivity contribution in [1.82, 2.24) is 4.98 Å². The van der Waals surface area contributed by atoms with Crippen molar-refractivity contribution in [3.8, 4) is 0 Å². The van der Waals surface area contributed by atoms with Crippen molar-refractivity contribution < 1.29 is 5.11 Å². The van der Waals surface area contributed by atoms with E-state index in [1.807, 2.05) is 19.2 Å². The number of aliphatic hydroxyl groups excluding tert-OH is 1. The van der Waals surface area contributed by atoms with Crippen LogP contribution in [0.1, 0.15) is 40.7 Å². The molecule has 0 saturated heterocycles. The van der Waals surface area contributed by atoms with Gasteiger partial charge in [0.2, 0.25) is 0 Å². The molecule has 1 heterocycles. The highest BCUT2D eigenvalue weighted by Gasteiger charge is 2.27. The smallest absolute Gasteiger partial charge is 0.0811 e. The third-order valence-corrected chi connectivity index (χ3v) is 3.75. The normalized spacial score (nSPS) is 18.9. The molecular formula is C16H17NO. The molecule has 2 unspecified atom stereocenters. The van der Waals surface area contributed by atoms with Crippen molar-refractivity contribution >= 4 is 0 Å². The molecule has 0 amide bonds. The summed E-state index contributed by atoms with van der Waals surface area (Å²) in [5.74, 6) is 0.497. The molecule has 92 valence electrons. The molecule has 0 fully saturated rings. The summed E-state index contributed by atoms with van der Waals surface area (Å²) in [7, 11) is 0. The van der Waals surface area contributed by atoms with Crippen molar-refractivity contribution in [1.29, 1.82) is 0 Å². The fourth-order valence-corrected chi connectivity index (χ4v) is 2.74. The number of aromatic nitrogens is 1. The molecule has 0 radical (unpaired) electrons. The first-order chi connectivity index (χ1) is 8.74. The van der Waals surface area contributed by atoms with Gasteiger partial charge >= 0.3 is 0 Å². The molecule has 0 bridgehead atoms. The van der Waals surface area contributed by atoms with Gasteiger partial charge in [-0.2, -0.15) is 0 Å². The zero-order valence-corrected chi connectivity index (χ0v) is 10.5. The summed E-state index contributed by atoms with van der Waals surface area (Å²) in [5.41, 5.74) is 4.86. The van der Waals surface area contributed by atoms with Crippen LogP contribution in [0.15, 0.2) is 42.7 Å². The van der Waals surface area contributed by atoms with Crippen molar-refractivity contribution in [2.45, 2.75) is 31.8 Å². The van der Waals surface area contributed by atoms with Crippen LogP contribution in [-0.2, 0) is 6.42 Å². The second-order valence-electron chi connectivity index (χ2n) is 5.15. The quantitative estimate of drug-likeness (QED) is 0.892. The lowest BCUT2D eigenvalue weighted by atomic mass is 9.74. The minimum atomic E-state index is -0.407. The zero-order valence-electron chi connectivity index (χ0n) is 10.5. The van der Waals surface area contributed by atoms with Crippen LogP contribution in [-0.4, -0.2) is 10.1 Å². The van der Waals surface area contributed by atoms with E-state index < -0.39 is 6.10 Å². The van der Waals surface area contributed by atoms with Crippen LogP contribution < -0.4 is 0 Å². The number of rotatable bonds is 3. The maximum atomic E-state index is 10.3. The number of hydrogen-bond donors (Lipinski definition) is 1. The van der Waals surface area contributed by atoms with E-state index in [1.165, 1.54) is 11.1 Å². The van der Waals surface area contributed by atoms with Crippen molar-refractivity contribution in [3.63, 3.8) is 0 Å². The van der Waals surface area contributed by atoms with Gasteiger partial charge < -0.3 is 5.11 Å². The van der Waals surface area contributed by atoms with E-state index in [-0.39, 0.29) is 0 Å². The molecule has 1 aliphatic carbocycles. The van der Waals surface area contributed by atoms with Crippen LogP contribution in [0.5, 0.6) is 0 Å². The molecule has 1 N–H and O–H groups in total. The monoisotopic (exact) mass is 239 g/mol. The van der Waals surface area contributed by atoms with E-state index in [9.17, 15) is 5.11 Å². The lowest BCUT2D eigenvalue weighted by Gasteiger charge is -2.31. The predicted molar refractivity (Wildman–Crippen MR) is 71.4 cm³/mol. The average molecular weight is 239 g/mol. The Hall–Kier alpha value is -1.67. The molecule has 2 atom stereocenters. The summed E-state index contributed by atoms with van der Waals surface area (Å²) >= 11 is 0. The second kappa shape index (κ2) is 4.54. The lowest BCUT2D eigenvalue weighted by Crippen LogP contribution is -2.19. The average Bonchev–Trinajstić information content (AvgIpc) is 2.36. The SMILES string of the molecule is Cc1cncc(C(O)CC2Cc3ccccc32)c1. The largest absolute Gasteiger partial charge is 0.388 e. The number of pyridine rings is 1. The molecular weight excluding hydrogens is 222 g/mol. The Kier molecular flexibility index (Phi) is 2.88. The van der Waals surface area contributed by atoms with Gasteiger partial charge in [0, 0.05) is 12.4 Å². The Morgan fingerprint density at radius 2 is 2.17 bits per heavy atom. The summed E-state index contributed by atoms with van der Waals surface area (Å²) < 4.78 is 0. The molecule has 0 saturated carbocycles. The number of aliphatic hydroxyl groups is 1. The van der Waals surface area contributed by atoms with Crippen LogP contribution in [0, 0.1) is 6.92 Å². The highest BCUT2D eigenvalue weighted by Crippen LogP contribution is 2.40. The highest BCUT2D eigenvalue weighted by atomic mass is 16.3. The van der Waals surface area contributed by atoms with Crippen molar-refractivity contribution in [3.05, 3.63) is 65.0 Å². The first-order valence-corrected chi connectivity index (χ1v) is 6.41. The van der Waals surface area contributed by atoms with Crippen molar-refractivity contribution in [2.24, 2.45) is 0 Å². The number of nitrogens with zero attached hydrogens (tertiary/aromatic N) is 1. The van der Waals surface area contributed by atoms with Gasteiger partial charge in [-0.3, -0.25) is 4.98 Å². The first kappa shape index (κ1) is 11.4. The van der Waals surface area contributed by atoms with E-state index in [2.05, 4.69) is 29.2 Å². The summed E-state index contributed by atoms with van der Waals surface area (Å²) in [6.45, 7) is 2.00. The van der Waals surface area contributed by atoms with Crippen LogP contribution in [0.3, 0.4) is 0 Å². The summed E-state index contributed by atoms with van der Waals surface area (Å²) in [6.07, 6.45) is 5.06. The number of benzene rings is 1. The Bertz CT molecular complexity index is 565. The van der Waals surface area contributed by atoms with Crippen LogP contribution in [0.4, 0.5) is 0 Å². The molecule has 1 aromatic carbocycles. The maximum Gasteiger partial charge on any atom is 0.0811 e. The molecule has 2 nitrogen and oxygen atoms in total. The molecule has 0 aliphatic heterocycles. The minimum absolute atomic E-state index is 0.407. The molecule has 1 aromatic heterocycles. The standard InChI is InChI=1S/C16H17NO/c1-11-6-14(10-17-9-11)16(18)8-13-7-12-4-2-3-5-15(12)13/h2-6,9-10,13,16,18H,7-8H2,1H3. The van der Waals surface area contributed by atoms with Gasteiger partial charge in [0.1, 0.15) is 0 Å². The van der Waals surface area contributed by atoms with Gasteiger partial charge in [-0.15, -0.1) is 0 Å². The van der Waals surface area contributed by atoms with Crippen molar-refractivity contribution in [2.75, 3.05) is 0 Å². The predicted octanol–water partition coefficient (Wildman–Crippen LogP) is 3.15. The molecule has 3 rings (SSSR count). The van der Waals surface area contributed by atoms with Crippen LogP contribution in [0.2, 0.25) is 0 Å². The summed E-state index contributed by atoms with van der Waals surface area (Å²) in [4.78, 5) is 4.14. The fraction of sp³-hybridized carbons (Fsp3) is 0.312. The topological polar surface area (TPSA) is 33.1 Å². The second-order valence-corrected chi connectivity index (χ2v) is 5.15. The van der Waals surface area contributed by atoms with Gasteiger partial charge in [-0.1, -0.05) is 30.3 Å². The van der Waals surface area contributed by atoms with E-state index in [0.717, 1.165) is 24.0 Å².